The first-order valence-corrected chi connectivity index (χ1v) is 4.88. The van der Waals surface area contributed by atoms with Gasteiger partial charge >= 0.3 is 0 Å². The lowest BCUT2D eigenvalue weighted by atomic mass is 10.1. The molecule has 0 heterocycles. The van der Waals surface area contributed by atoms with Crippen molar-refractivity contribution >= 4 is 16.5 Å². The molecule has 0 bridgehead atoms. The first-order chi connectivity index (χ1) is 7.31. The van der Waals surface area contributed by atoms with Crippen molar-refractivity contribution in [1.82, 2.24) is 0 Å². The summed E-state index contributed by atoms with van der Waals surface area (Å²) in [7, 11) is 1.92. The van der Waals surface area contributed by atoms with E-state index in [2.05, 4.69) is 30.3 Å². The molecule has 2 aromatic carbocycles. The van der Waals surface area contributed by atoms with Gasteiger partial charge in [0.25, 0.3) is 0 Å². The maximum absolute atomic E-state index is 8.62. The molecule has 15 heavy (non-hydrogen) atoms. The van der Waals surface area contributed by atoms with E-state index in [-0.39, 0.29) is 0 Å². The highest BCUT2D eigenvalue weighted by Gasteiger charge is 2.00. The number of anilines is 1. The molecule has 0 saturated heterocycles. The van der Waals surface area contributed by atoms with E-state index in [4.69, 9.17) is 5.26 Å². The van der Waals surface area contributed by atoms with Crippen LogP contribution in [-0.2, 0) is 0 Å². The maximum Gasteiger partial charge on any atom is 0.105 e. The number of hydrogen-bond acceptors (Lipinski definition) is 2. The molecular weight excluding hydrogens is 184 g/mol. The lowest BCUT2D eigenvalue weighted by molar-refractivity contribution is 1.04. The molecular formula is C13H12N2. The van der Waals surface area contributed by atoms with Crippen LogP contribution in [0.3, 0.4) is 0 Å². The molecule has 0 amide bonds. The number of rotatable bonds is 2. The van der Waals surface area contributed by atoms with E-state index in [1.807, 2.05) is 30.1 Å². The van der Waals surface area contributed by atoms with Crippen molar-refractivity contribution in [3.8, 4) is 6.07 Å². The Bertz CT molecular complexity index is 511. The Morgan fingerprint density at radius 1 is 1.13 bits per heavy atom. The summed E-state index contributed by atoms with van der Waals surface area (Å²) in [4.78, 5) is 1.94. The van der Waals surface area contributed by atoms with Gasteiger partial charge in [-0.05, 0) is 22.9 Å². The summed E-state index contributed by atoms with van der Waals surface area (Å²) in [5.41, 5.74) is 1.08. The zero-order valence-corrected chi connectivity index (χ0v) is 8.64. The molecule has 74 valence electrons. The van der Waals surface area contributed by atoms with Crippen molar-refractivity contribution in [1.29, 1.82) is 5.26 Å². The highest BCUT2D eigenvalue weighted by Crippen LogP contribution is 2.20. The fourth-order valence-corrected chi connectivity index (χ4v) is 1.61. The first kappa shape index (κ1) is 9.54. The van der Waals surface area contributed by atoms with E-state index in [1.54, 1.807) is 0 Å². The van der Waals surface area contributed by atoms with E-state index in [0.717, 1.165) is 5.69 Å². The lowest BCUT2D eigenvalue weighted by Gasteiger charge is -2.15. The highest BCUT2D eigenvalue weighted by molar-refractivity contribution is 5.85. The Kier molecular flexibility index (Phi) is 2.55. The largest absolute Gasteiger partial charge is 0.361 e. The molecule has 0 saturated carbocycles. The van der Waals surface area contributed by atoms with Crippen LogP contribution in [0, 0.1) is 11.3 Å². The van der Waals surface area contributed by atoms with E-state index >= 15 is 0 Å². The average Bonchev–Trinajstić information content (AvgIpc) is 2.29. The summed E-state index contributed by atoms with van der Waals surface area (Å²) in [6.07, 6.45) is 0. The number of fused-ring (bicyclic) bond motifs is 1. The number of nitrogens with zero attached hydrogens (tertiary/aromatic N) is 2. The Balaban J connectivity index is 2.43. The second-order valence-corrected chi connectivity index (χ2v) is 3.55. The van der Waals surface area contributed by atoms with Gasteiger partial charge in [-0.25, -0.2) is 0 Å². The van der Waals surface area contributed by atoms with Gasteiger partial charge in [-0.1, -0.05) is 30.3 Å². The standard InChI is InChI=1S/C13H12N2/c1-15(9-8-14)13-7-6-11-4-2-3-5-12(11)10-13/h2-7,10H,9H2,1H3. The first-order valence-electron chi connectivity index (χ1n) is 4.88. The van der Waals surface area contributed by atoms with Gasteiger partial charge in [-0.15, -0.1) is 0 Å². The van der Waals surface area contributed by atoms with Crippen LogP contribution < -0.4 is 4.90 Å². The van der Waals surface area contributed by atoms with Gasteiger partial charge < -0.3 is 4.90 Å². The van der Waals surface area contributed by atoms with Gasteiger partial charge in [0.1, 0.15) is 6.54 Å². The number of benzene rings is 2. The van der Waals surface area contributed by atoms with Crippen LogP contribution in [-0.4, -0.2) is 13.6 Å². The van der Waals surface area contributed by atoms with E-state index < -0.39 is 0 Å². The fourth-order valence-electron chi connectivity index (χ4n) is 1.61. The second-order valence-electron chi connectivity index (χ2n) is 3.55. The van der Waals surface area contributed by atoms with Crippen molar-refractivity contribution < 1.29 is 0 Å². The quantitative estimate of drug-likeness (QED) is 0.690. The lowest BCUT2D eigenvalue weighted by Crippen LogP contribution is -2.16. The average molecular weight is 196 g/mol. The molecule has 0 aliphatic heterocycles. The monoisotopic (exact) mass is 196 g/mol. The topological polar surface area (TPSA) is 27.0 Å². The molecule has 0 atom stereocenters. The summed E-state index contributed by atoms with van der Waals surface area (Å²) in [5, 5.41) is 11.1. The summed E-state index contributed by atoms with van der Waals surface area (Å²) in [5.74, 6) is 0. The molecule has 2 aromatic rings. The molecule has 0 spiro atoms. The fraction of sp³-hybridized carbons (Fsp3) is 0.154. The predicted molar refractivity (Wildman–Crippen MR) is 62.8 cm³/mol. The second kappa shape index (κ2) is 4.02. The van der Waals surface area contributed by atoms with Crippen LogP contribution >= 0.6 is 0 Å². The molecule has 0 aliphatic carbocycles. The van der Waals surface area contributed by atoms with Crippen molar-refractivity contribution in [2.75, 3.05) is 18.5 Å². The van der Waals surface area contributed by atoms with Gasteiger partial charge in [0.2, 0.25) is 0 Å². The van der Waals surface area contributed by atoms with Crippen molar-refractivity contribution in [2.24, 2.45) is 0 Å². The van der Waals surface area contributed by atoms with E-state index in [1.165, 1.54) is 10.8 Å². The van der Waals surface area contributed by atoms with Crippen molar-refractivity contribution in [3.05, 3.63) is 42.5 Å². The van der Waals surface area contributed by atoms with Gasteiger partial charge in [0.15, 0.2) is 0 Å². The molecule has 0 radical (unpaired) electrons. The van der Waals surface area contributed by atoms with Crippen LogP contribution in [0.2, 0.25) is 0 Å². The van der Waals surface area contributed by atoms with Crippen LogP contribution in [0.5, 0.6) is 0 Å². The van der Waals surface area contributed by atoms with Gasteiger partial charge in [-0.2, -0.15) is 5.26 Å². The Morgan fingerprint density at radius 2 is 1.87 bits per heavy atom. The van der Waals surface area contributed by atoms with E-state index in [0.29, 0.717) is 6.54 Å². The SMILES string of the molecule is CN(CC#N)c1ccc2ccccc2c1. The van der Waals surface area contributed by atoms with Crippen LogP contribution in [0.4, 0.5) is 5.69 Å². The summed E-state index contributed by atoms with van der Waals surface area (Å²) >= 11 is 0. The molecule has 2 nitrogen and oxygen atoms in total. The van der Waals surface area contributed by atoms with Crippen LogP contribution in [0.25, 0.3) is 10.8 Å². The minimum atomic E-state index is 0.415. The maximum atomic E-state index is 8.62. The minimum absolute atomic E-state index is 0.415. The van der Waals surface area contributed by atoms with Gasteiger partial charge in [-0.3, -0.25) is 0 Å². The Hall–Kier alpha value is -2.01. The Morgan fingerprint density at radius 3 is 2.60 bits per heavy atom. The molecule has 0 N–H and O–H groups in total. The molecule has 2 heteroatoms. The highest BCUT2D eigenvalue weighted by atomic mass is 15.1. The summed E-state index contributed by atoms with van der Waals surface area (Å²) < 4.78 is 0. The van der Waals surface area contributed by atoms with E-state index in [9.17, 15) is 0 Å². The number of hydrogen-bond donors (Lipinski definition) is 0. The third-order valence-electron chi connectivity index (χ3n) is 2.48. The molecule has 0 unspecified atom stereocenters. The molecule has 0 fully saturated rings. The van der Waals surface area contributed by atoms with Crippen molar-refractivity contribution in [2.45, 2.75) is 0 Å². The summed E-state index contributed by atoms with van der Waals surface area (Å²) in [6.45, 7) is 0.415. The third-order valence-corrected chi connectivity index (χ3v) is 2.48. The predicted octanol–water partition coefficient (Wildman–Crippen LogP) is 2.80. The summed E-state index contributed by atoms with van der Waals surface area (Å²) in [6, 6.07) is 16.6. The normalized spacial score (nSPS) is 9.87. The smallest absolute Gasteiger partial charge is 0.105 e. The number of nitriles is 1. The Labute approximate surface area is 89.4 Å². The van der Waals surface area contributed by atoms with Crippen LogP contribution in [0.1, 0.15) is 0 Å². The van der Waals surface area contributed by atoms with Gasteiger partial charge in [0, 0.05) is 12.7 Å². The molecule has 0 aromatic heterocycles. The van der Waals surface area contributed by atoms with Crippen LogP contribution in [0.15, 0.2) is 42.5 Å². The minimum Gasteiger partial charge on any atom is -0.361 e. The molecule has 0 aliphatic rings. The zero-order chi connectivity index (χ0) is 10.7. The third kappa shape index (κ3) is 1.92. The van der Waals surface area contributed by atoms with Gasteiger partial charge in [0.05, 0.1) is 6.07 Å². The van der Waals surface area contributed by atoms with Crippen molar-refractivity contribution in [3.63, 3.8) is 0 Å². The zero-order valence-electron chi connectivity index (χ0n) is 8.64. The molecule has 2 rings (SSSR count).